The number of nitrogen functional groups attached to an aromatic ring is 1. The molecule has 0 aromatic carbocycles. The summed E-state index contributed by atoms with van der Waals surface area (Å²) in [4.78, 5) is 34.3. The largest absolute Gasteiger partial charge is 0.384 e. The van der Waals surface area contributed by atoms with Gasteiger partial charge in [-0.05, 0) is 49.8 Å². The normalized spacial score (nSPS) is 27.5. The first-order valence-corrected chi connectivity index (χ1v) is 9.52. The van der Waals surface area contributed by atoms with Crippen molar-refractivity contribution in [3.8, 4) is 0 Å². The quantitative estimate of drug-likeness (QED) is 0.689. The molecular formula is C20H22N6O2. The highest BCUT2D eigenvalue weighted by molar-refractivity contribution is 5.97. The third kappa shape index (κ3) is 2.30. The van der Waals surface area contributed by atoms with E-state index in [-0.39, 0.29) is 17.4 Å². The maximum atomic E-state index is 13.5. The van der Waals surface area contributed by atoms with Crippen molar-refractivity contribution in [2.24, 2.45) is 11.8 Å². The lowest BCUT2D eigenvalue weighted by atomic mass is 9.80. The van der Waals surface area contributed by atoms with Gasteiger partial charge in [-0.1, -0.05) is 12.5 Å². The molecule has 8 nitrogen and oxygen atoms in total. The molecule has 2 bridgehead atoms. The molecule has 1 fully saturated rings. The van der Waals surface area contributed by atoms with Gasteiger partial charge in [-0.3, -0.25) is 14.2 Å². The average molecular weight is 378 g/mol. The summed E-state index contributed by atoms with van der Waals surface area (Å²) in [6.45, 7) is 4.07. The first kappa shape index (κ1) is 17.0. The van der Waals surface area contributed by atoms with E-state index in [9.17, 15) is 9.59 Å². The van der Waals surface area contributed by atoms with Crippen LogP contribution in [0.25, 0.3) is 0 Å². The Hall–Kier alpha value is -3.16. The first-order chi connectivity index (χ1) is 13.4. The van der Waals surface area contributed by atoms with Crippen LogP contribution in [0.15, 0.2) is 34.9 Å². The number of anilines is 3. The van der Waals surface area contributed by atoms with Crippen LogP contribution < -0.4 is 21.9 Å². The number of carbonyl (C=O) groups excluding carboxylic acids is 1. The van der Waals surface area contributed by atoms with Gasteiger partial charge in [0, 0.05) is 12.0 Å². The second kappa shape index (κ2) is 5.67. The second-order valence-corrected chi connectivity index (χ2v) is 8.21. The first-order valence-electron chi connectivity index (χ1n) is 9.52. The van der Waals surface area contributed by atoms with Gasteiger partial charge in [0.05, 0.1) is 0 Å². The number of aryl methyl sites for hydroxylation is 1. The molecule has 1 spiro atoms. The van der Waals surface area contributed by atoms with E-state index in [1.54, 1.807) is 16.7 Å². The van der Waals surface area contributed by atoms with Crippen LogP contribution in [0.4, 0.5) is 17.3 Å². The van der Waals surface area contributed by atoms with Crippen LogP contribution in [0, 0.1) is 18.8 Å². The van der Waals surface area contributed by atoms with Gasteiger partial charge in [-0.25, -0.2) is 9.97 Å². The van der Waals surface area contributed by atoms with Gasteiger partial charge in [0.2, 0.25) is 0 Å². The van der Waals surface area contributed by atoms with Gasteiger partial charge in [-0.2, -0.15) is 0 Å². The Kier molecular flexibility index (Phi) is 3.44. The minimum atomic E-state index is -0.767. The standard InChI is InChI=1S/C20H22N6O2/c1-10-3-12-6-13(4-10)20(8-12)25-18(27)17-11(2)5-14(19(28)26(17)20)24-16-7-15(21)22-9-23-16/h5,7-10,13H,3-4,6H2,1-2H3,(H,25,27)(H3,21,22,23,24). The summed E-state index contributed by atoms with van der Waals surface area (Å²) in [5, 5.41) is 6.19. The molecular weight excluding hydrogens is 356 g/mol. The lowest BCUT2D eigenvalue weighted by Crippen LogP contribution is -2.50. The Balaban J connectivity index is 1.67. The van der Waals surface area contributed by atoms with E-state index in [0.717, 1.165) is 24.8 Å². The van der Waals surface area contributed by atoms with E-state index in [2.05, 4.69) is 33.6 Å². The summed E-state index contributed by atoms with van der Waals surface area (Å²) in [6.07, 6.45) is 6.38. The Labute approximate surface area is 161 Å². The molecule has 28 heavy (non-hydrogen) atoms. The molecule has 2 aromatic heterocycles. The summed E-state index contributed by atoms with van der Waals surface area (Å²) in [5.41, 5.74) is 7.58. The van der Waals surface area contributed by atoms with Crippen molar-refractivity contribution in [1.29, 1.82) is 0 Å². The molecule has 4 N–H and O–H groups in total. The highest BCUT2D eigenvalue weighted by atomic mass is 16.2. The summed E-state index contributed by atoms with van der Waals surface area (Å²) in [6, 6.07) is 3.26. The number of aromatic nitrogens is 3. The number of nitrogens with one attached hydrogen (secondary N) is 2. The van der Waals surface area contributed by atoms with Gasteiger partial charge >= 0.3 is 0 Å². The number of rotatable bonds is 2. The molecule has 3 aliphatic rings. The molecule has 1 saturated carbocycles. The van der Waals surface area contributed by atoms with Gasteiger partial charge in [0.1, 0.15) is 35.0 Å². The van der Waals surface area contributed by atoms with E-state index >= 15 is 0 Å². The Bertz CT molecular complexity index is 1100. The molecule has 0 radical (unpaired) electrons. The van der Waals surface area contributed by atoms with E-state index in [1.165, 1.54) is 11.9 Å². The number of carbonyl (C=O) groups is 1. The highest BCUT2D eigenvalue weighted by Gasteiger charge is 2.53. The van der Waals surface area contributed by atoms with Gasteiger partial charge in [0.25, 0.3) is 11.5 Å². The summed E-state index contributed by atoms with van der Waals surface area (Å²) < 4.78 is 1.66. The van der Waals surface area contributed by atoms with E-state index in [4.69, 9.17) is 5.73 Å². The number of allylic oxidation sites excluding steroid dienone is 1. The minimum Gasteiger partial charge on any atom is -0.384 e. The minimum absolute atomic E-state index is 0.190. The number of nitrogens with two attached hydrogens (primary N) is 1. The predicted molar refractivity (Wildman–Crippen MR) is 105 cm³/mol. The fraction of sp³-hybridized carbons (Fsp3) is 0.400. The van der Waals surface area contributed by atoms with E-state index in [0.29, 0.717) is 28.9 Å². The van der Waals surface area contributed by atoms with Crippen LogP contribution in [0.5, 0.6) is 0 Å². The molecule has 144 valence electrons. The smallest absolute Gasteiger partial charge is 0.277 e. The highest BCUT2D eigenvalue weighted by Crippen LogP contribution is 2.50. The van der Waals surface area contributed by atoms with Crippen molar-refractivity contribution in [2.45, 2.75) is 38.8 Å². The maximum Gasteiger partial charge on any atom is 0.277 e. The van der Waals surface area contributed by atoms with Gasteiger partial charge < -0.3 is 16.4 Å². The number of pyridine rings is 1. The number of hydrogen-bond donors (Lipinski definition) is 3. The van der Waals surface area contributed by atoms with Crippen molar-refractivity contribution in [3.05, 3.63) is 51.7 Å². The SMILES string of the molecule is Cc1cc(Nc2cc(N)ncn2)c(=O)n2c1C(=O)NC21C=C2CC(C)CC1C2. The van der Waals surface area contributed by atoms with Gasteiger partial charge in [-0.15, -0.1) is 0 Å². The molecule has 1 aliphatic heterocycles. The molecule has 3 unspecified atom stereocenters. The summed E-state index contributed by atoms with van der Waals surface area (Å²) in [7, 11) is 0. The zero-order valence-electron chi connectivity index (χ0n) is 15.8. The Morgan fingerprint density at radius 1 is 1.29 bits per heavy atom. The Morgan fingerprint density at radius 2 is 2.11 bits per heavy atom. The lowest BCUT2D eigenvalue weighted by Gasteiger charge is -2.35. The van der Waals surface area contributed by atoms with Crippen molar-refractivity contribution in [3.63, 3.8) is 0 Å². The molecule has 2 aliphatic carbocycles. The van der Waals surface area contributed by atoms with Crippen LogP contribution in [-0.4, -0.2) is 20.4 Å². The maximum absolute atomic E-state index is 13.5. The second-order valence-electron chi connectivity index (χ2n) is 8.21. The average Bonchev–Trinajstić information content (AvgIpc) is 3.06. The van der Waals surface area contributed by atoms with Crippen molar-refractivity contribution in [1.82, 2.24) is 19.9 Å². The van der Waals surface area contributed by atoms with E-state index < -0.39 is 5.66 Å². The summed E-state index contributed by atoms with van der Waals surface area (Å²) >= 11 is 0. The zero-order chi connectivity index (χ0) is 19.6. The van der Waals surface area contributed by atoms with Crippen molar-refractivity contribution in [2.75, 3.05) is 11.1 Å². The number of amides is 1. The predicted octanol–water partition coefficient (Wildman–Crippen LogP) is 2.04. The third-order valence-corrected chi connectivity index (χ3v) is 6.09. The fourth-order valence-corrected chi connectivity index (χ4v) is 5.11. The number of hydrogen-bond acceptors (Lipinski definition) is 6. The van der Waals surface area contributed by atoms with Crippen molar-refractivity contribution < 1.29 is 4.79 Å². The van der Waals surface area contributed by atoms with Gasteiger partial charge in [0.15, 0.2) is 0 Å². The topological polar surface area (TPSA) is 115 Å². The summed E-state index contributed by atoms with van der Waals surface area (Å²) in [5.74, 6) is 1.30. The Morgan fingerprint density at radius 3 is 2.89 bits per heavy atom. The molecule has 0 saturated heterocycles. The molecule has 1 amide bonds. The van der Waals surface area contributed by atoms with Crippen LogP contribution in [0.3, 0.4) is 0 Å². The van der Waals surface area contributed by atoms with Crippen molar-refractivity contribution >= 4 is 23.2 Å². The molecule has 5 rings (SSSR count). The van der Waals surface area contributed by atoms with Crippen LogP contribution in [0.1, 0.15) is 42.2 Å². The van der Waals surface area contributed by atoms with Crippen LogP contribution >= 0.6 is 0 Å². The molecule has 3 heterocycles. The monoisotopic (exact) mass is 378 g/mol. The third-order valence-electron chi connectivity index (χ3n) is 6.09. The molecule has 2 aromatic rings. The number of nitrogens with zero attached hydrogens (tertiary/aromatic N) is 3. The molecule has 3 atom stereocenters. The van der Waals surface area contributed by atoms with Crippen LogP contribution in [-0.2, 0) is 5.66 Å². The zero-order valence-corrected chi connectivity index (χ0v) is 15.8. The number of fused-ring (bicyclic) bond motifs is 5. The molecule has 8 heteroatoms. The van der Waals surface area contributed by atoms with Crippen LogP contribution in [0.2, 0.25) is 0 Å². The fourth-order valence-electron chi connectivity index (χ4n) is 5.11. The lowest BCUT2D eigenvalue weighted by molar-refractivity contribution is 0.0898. The van der Waals surface area contributed by atoms with E-state index in [1.807, 2.05) is 6.92 Å².